The quantitative estimate of drug-likeness (QED) is 0.320. The number of nitrogens with two attached hydrogens (primary N) is 1. The maximum Gasteiger partial charge on any atom is 0.319 e. The van der Waals surface area contributed by atoms with Gasteiger partial charge in [0.25, 0.3) is 0 Å². The molecule has 7 nitrogen and oxygen atoms in total. The molecule has 0 rings (SSSR count). The van der Waals surface area contributed by atoms with Crippen molar-refractivity contribution in [3.05, 3.63) is 0 Å². The molecule has 0 saturated heterocycles. The zero-order chi connectivity index (χ0) is 12.1. The molecule has 0 aliphatic heterocycles. The topological polar surface area (TPSA) is 141 Å². The first-order valence-electron chi connectivity index (χ1n) is 4.35. The number of aliphatic hydroxyl groups is 2. The van der Waals surface area contributed by atoms with Gasteiger partial charge in [-0.2, -0.15) is 0 Å². The van der Waals surface area contributed by atoms with Gasteiger partial charge in [0.15, 0.2) is 5.92 Å². The Kier molecular flexibility index (Phi) is 5.20. The molecule has 0 aliphatic rings. The lowest BCUT2D eigenvalue weighted by molar-refractivity contribution is -0.158. The maximum atomic E-state index is 10.7. The summed E-state index contributed by atoms with van der Waals surface area (Å²) in [6, 6.07) is 0. The summed E-state index contributed by atoms with van der Waals surface area (Å²) >= 11 is 0. The molecule has 88 valence electrons. The SMILES string of the molecule is NC(CCO)(CCO)C(C(=O)O)C(=O)O. The fraction of sp³-hybridized carbons (Fsp3) is 0.750. The van der Waals surface area contributed by atoms with Crippen LogP contribution in [0.25, 0.3) is 0 Å². The summed E-state index contributed by atoms with van der Waals surface area (Å²) in [5.74, 6) is -4.99. The van der Waals surface area contributed by atoms with Crippen LogP contribution in [0.5, 0.6) is 0 Å². The number of hydrogen-bond donors (Lipinski definition) is 5. The molecule has 0 unspecified atom stereocenters. The molecule has 0 aromatic heterocycles. The van der Waals surface area contributed by atoms with Gasteiger partial charge in [-0.25, -0.2) is 0 Å². The largest absolute Gasteiger partial charge is 0.481 e. The zero-order valence-corrected chi connectivity index (χ0v) is 8.09. The Bertz CT molecular complexity index is 221. The third kappa shape index (κ3) is 3.46. The van der Waals surface area contributed by atoms with Crippen LogP contribution in [-0.2, 0) is 9.59 Å². The van der Waals surface area contributed by atoms with Gasteiger partial charge in [-0.1, -0.05) is 0 Å². The van der Waals surface area contributed by atoms with E-state index in [-0.39, 0.29) is 12.8 Å². The van der Waals surface area contributed by atoms with Crippen LogP contribution in [0.2, 0.25) is 0 Å². The van der Waals surface area contributed by atoms with Crippen molar-refractivity contribution >= 4 is 11.9 Å². The number of aliphatic hydroxyl groups excluding tert-OH is 2. The monoisotopic (exact) mass is 221 g/mol. The van der Waals surface area contributed by atoms with Crippen molar-refractivity contribution in [1.82, 2.24) is 0 Å². The number of hydrogen-bond acceptors (Lipinski definition) is 5. The van der Waals surface area contributed by atoms with E-state index in [1.54, 1.807) is 0 Å². The highest BCUT2D eigenvalue weighted by atomic mass is 16.4. The minimum atomic E-state index is -1.84. The third-order valence-electron chi connectivity index (χ3n) is 2.22. The van der Waals surface area contributed by atoms with Crippen LogP contribution in [0.4, 0.5) is 0 Å². The summed E-state index contributed by atoms with van der Waals surface area (Å²) in [4.78, 5) is 21.4. The third-order valence-corrected chi connectivity index (χ3v) is 2.22. The summed E-state index contributed by atoms with van der Waals surface area (Å²) in [7, 11) is 0. The molecule has 7 heteroatoms. The minimum Gasteiger partial charge on any atom is -0.481 e. The fourth-order valence-electron chi connectivity index (χ4n) is 1.43. The van der Waals surface area contributed by atoms with E-state index in [0.29, 0.717) is 0 Å². The van der Waals surface area contributed by atoms with Crippen LogP contribution >= 0.6 is 0 Å². The van der Waals surface area contributed by atoms with Gasteiger partial charge in [0.2, 0.25) is 0 Å². The second-order valence-electron chi connectivity index (χ2n) is 3.29. The lowest BCUT2D eigenvalue weighted by atomic mass is 9.79. The predicted octanol–water partition coefficient (Wildman–Crippen LogP) is -1.77. The number of carboxylic acids is 2. The van der Waals surface area contributed by atoms with Gasteiger partial charge in [-0.3, -0.25) is 9.59 Å². The molecule has 0 aromatic carbocycles. The second kappa shape index (κ2) is 5.64. The van der Waals surface area contributed by atoms with Crippen molar-refractivity contribution in [2.45, 2.75) is 18.4 Å². The van der Waals surface area contributed by atoms with Crippen LogP contribution < -0.4 is 5.73 Å². The molecule has 6 N–H and O–H groups in total. The Labute approximate surface area is 86.1 Å². The normalized spacial score (nSPS) is 11.7. The Balaban J connectivity index is 4.98. The van der Waals surface area contributed by atoms with Gasteiger partial charge in [0, 0.05) is 18.8 Å². The van der Waals surface area contributed by atoms with Crippen LogP contribution in [0, 0.1) is 5.92 Å². The van der Waals surface area contributed by atoms with E-state index in [4.69, 9.17) is 26.2 Å². The van der Waals surface area contributed by atoms with Crippen LogP contribution in [-0.4, -0.2) is 51.1 Å². The van der Waals surface area contributed by atoms with Gasteiger partial charge in [-0.15, -0.1) is 0 Å². The molecule has 0 saturated carbocycles. The van der Waals surface area contributed by atoms with E-state index in [1.807, 2.05) is 0 Å². The van der Waals surface area contributed by atoms with Gasteiger partial charge in [0.1, 0.15) is 0 Å². The van der Waals surface area contributed by atoms with E-state index >= 15 is 0 Å². The maximum absolute atomic E-state index is 10.7. The fourth-order valence-corrected chi connectivity index (χ4v) is 1.43. The molecule has 0 fully saturated rings. The second-order valence-corrected chi connectivity index (χ2v) is 3.29. The summed E-state index contributed by atoms with van der Waals surface area (Å²) < 4.78 is 0. The standard InChI is InChI=1S/C8H15NO6/c9-8(1-3-10,2-4-11)5(6(12)13)7(14)15/h5,10-11H,1-4,9H2,(H,12,13)(H,14,15). The summed E-state index contributed by atoms with van der Waals surface area (Å²) in [6.45, 7) is -0.874. The first-order valence-corrected chi connectivity index (χ1v) is 4.35. The van der Waals surface area contributed by atoms with Crippen molar-refractivity contribution in [2.24, 2.45) is 11.7 Å². The molecular weight excluding hydrogens is 206 g/mol. The lowest BCUT2D eigenvalue weighted by Crippen LogP contribution is -2.55. The van der Waals surface area contributed by atoms with E-state index in [1.165, 1.54) is 0 Å². The first kappa shape index (κ1) is 13.8. The lowest BCUT2D eigenvalue weighted by Gasteiger charge is -2.31. The number of carboxylic acid groups (broad SMARTS) is 2. The smallest absolute Gasteiger partial charge is 0.319 e. The molecule has 0 aromatic rings. The van der Waals surface area contributed by atoms with Gasteiger partial charge in [0.05, 0.1) is 0 Å². The average Bonchev–Trinajstić information content (AvgIpc) is 2.02. The Hall–Kier alpha value is -1.18. The summed E-state index contributed by atoms with van der Waals surface area (Å²) in [5.41, 5.74) is 3.95. The van der Waals surface area contributed by atoms with Gasteiger partial charge >= 0.3 is 11.9 Å². The van der Waals surface area contributed by atoms with Gasteiger partial charge in [-0.05, 0) is 12.8 Å². The zero-order valence-electron chi connectivity index (χ0n) is 8.09. The highest BCUT2D eigenvalue weighted by Gasteiger charge is 2.44. The molecular formula is C8H15NO6. The molecule has 0 spiro atoms. The van der Waals surface area contributed by atoms with E-state index in [2.05, 4.69) is 0 Å². The first-order chi connectivity index (χ1) is 6.89. The van der Waals surface area contributed by atoms with Crippen molar-refractivity contribution in [3.8, 4) is 0 Å². The molecule has 0 aliphatic carbocycles. The van der Waals surface area contributed by atoms with Crippen LogP contribution in [0.3, 0.4) is 0 Å². The predicted molar refractivity (Wildman–Crippen MR) is 49.1 cm³/mol. The highest BCUT2D eigenvalue weighted by Crippen LogP contribution is 2.23. The van der Waals surface area contributed by atoms with Crippen LogP contribution in [0.15, 0.2) is 0 Å². The summed E-state index contributed by atoms with van der Waals surface area (Å²) in [5, 5.41) is 34.8. The van der Waals surface area contributed by atoms with Gasteiger partial charge < -0.3 is 26.2 Å². The molecule has 0 radical (unpaired) electrons. The number of carbonyl (C=O) groups is 2. The molecule has 15 heavy (non-hydrogen) atoms. The highest BCUT2D eigenvalue weighted by molar-refractivity contribution is 5.94. The van der Waals surface area contributed by atoms with E-state index in [9.17, 15) is 9.59 Å². The molecule has 0 atom stereocenters. The Morgan fingerprint density at radius 1 is 1.07 bits per heavy atom. The molecule has 0 bridgehead atoms. The Morgan fingerprint density at radius 2 is 1.40 bits per heavy atom. The van der Waals surface area contributed by atoms with Crippen LogP contribution in [0.1, 0.15) is 12.8 Å². The summed E-state index contributed by atoms with van der Waals surface area (Å²) in [6.07, 6.45) is -0.395. The molecule has 0 amide bonds. The average molecular weight is 221 g/mol. The number of aliphatic carboxylic acids is 2. The minimum absolute atomic E-state index is 0.198. The van der Waals surface area contributed by atoms with Crippen molar-refractivity contribution in [2.75, 3.05) is 13.2 Å². The van der Waals surface area contributed by atoms with E-state index < -0.39 is 36.6 Å². The van der Waals surface area contributed by atoms with Crippen molar-refractivity contribution < 1.29 is 30.0 Å². The molecule has 0 heterocycles. The number of rotatable bonds is 7. The Morgan fingerprint density at radius 3 is 1.60 bits per heavy atom. The van der Waals surface area contributed by atoms with Crippen molar-refractivity contribution in [3.63, 3.8) is 0 Å². The van der Waals surface area contributed by atoms with Crippen molar-refractivity contribution in [1.29, 1.82) is 0 Å². The van der Waals surface area contributed by atoms with E-state index in [0.717, 1.165) is 0 Å².